The van der Waals surface area contributed by atoms with Gasteiger partial charge in [0.2, 0.25) is 5.88 Å². The number of nitrogens with zero attached hydrogens (tertiary/aromatic N) is 4. The molecule has 1 amide bonds. The highest BCUT2D eigenvalue weighted by molar-refractivity contribution is 6.32. The van der Waals surface area contributed by atoms with Gasteiger partial charge in [0, 0.05) is 19.2 Å². The number of halogens is 1. The zero-order valence-corrected chi connectivity index (χ0v) is 13.8. The smallest absolute Gasteiger partial charge is 0.253 e. The van der Waals surface area contributed by atoms with E-state index in [-0.39, 0.29) is 11.9 Å². The minimum Gasteiger partial charge on any atom is -0.477 e. The fraction of sp³-hybridized carbons (Fsp3) is 0.467. The fourth-order valence-corrected chi connectivity index (χ4v) is 2.85. The van der Waals surface area contributed by atoms with Crippen LogP contribution in [0, 0.1) is 0 Å². The highest BCUT2D eigenvalue weighted by Gasteiger charge is 2.23. The Bertz CT molecular complexity index is 731. The fourth-order valence-electron chi connectivity index (χ4n) is 2.63. The molecule has 0 aromatic carbocycles. The number of amides is 1. The highest BCUT2D eigenvalue weighted by atomic mass is 35.5. The second-order valence-corrected chi connectivity index (χ2v) is 5.78. The van der Waals surface area contributed by atoms with Crippen LogP contribution in [0.2, 0.25) is 5.02 Å². The number of hydrogen-bond acceptors (Lipinski definition) is 5. The van der Waals surface area contributed by atoms with Gasteiger partial charge in [-0.3, -0.25) is 4.79 Å². The number of hydrogen-bond donors (Lipinski definition) is 1. The molecule has 0 aliphatic carbocycles. The number of aryl methyl sites for hydroxylation is 1. The number of carbonyl (C=O) groups is 1. The molecule has 2 aromatic heterocycles. The van der Waals surface area contributed by atoms with Crippen molar-refractivity contribution in [3.8, 4) is 5.88 Å². The van der Waals surface area contributed by atoms with Crippen molar-refractivity contribution in [3.63, 3.8) is 0 Å². The average molecular weight is 336 g/mol. The topological polar surface area (TPSA) is 81.9 Å². The van der Waals surface area contributed by atoms with Crippen LogP contribution in [-0.2, 0) is 13.0 Å². The van der Waals surface area contributed by atoms with E-state index >= 15 is 0 Å². The van der Waals surface area contributed by atoms with E-state index in [4.69, 9.17) is 16.3 Å². The van der Waals surface area contributed by atoms with Crippen molar-refractivity contribution in [2.24, 2.45) is 0 Å². The maximum atomic E-state index is 12.4. The van der Waals surface area contributed by atoms with E-state index in [2.05, 4.69) is 25.1 Å². The molecule has 0 spiro atoms. The van der Waals surface area contributed by atoms with Crippen LogP contribution in [0.1, 0.15) is 48.3 Å². The van der Waals surface area contributed by atoms with E-state index < -0.39 is 0 Å². The van der Waals surface area contributed by atoms with Crippen molar-refractivity contribution < 1.29 is 9.53 Å². The predicted molar refractivity (Wildman–Crippen MR) is 84.6 cm³/mol. The second-order valence-electron chi connectivity index (χ2n) is 5.37. The zero-order chi connectivity index (χ0) is 16.4. The summed E-state index contributed by atoms with van der Waals surface area (Å²) in [5.74, 6) is 1.82. The summed E-state index contributed by atoms with van der Waals surface area (Å²) in [5.41, 5.74) is 0.381. The lowest BCUT2D eigenvalue weighted by Crippen LogP contribution is -2.28. The van der Waals surface area contributed by atoms with Gasteiger partial charge in [0.15, 0.2) is 5.82 Å². The summed E-state index contributed by atoms with van der Waals surface area (Å²) in [5, 5.41) is 11.6. The summed E-state index contributed by atoms with van der Waals surface area (Å²) in [6, 6.07) is 1.31. The summed E-state index contributed by atoms with van der Waals surface area (Å²) in [6.45, 7) is 5.09. The molecule has 0 saturated heterocycles. The van der Waals surface area contributed by atoms with Gasteiger partial charge in [-0.1, -0.05) is 11.6 Å². The molecule has 0 fully saturated rings. The van der Waals surface area contributed by atoms with Gasteiger partial charge in [0.05, 0.1) is 18.2 Å². The molecule has 0 bridgehead atoms. The molecule has 7 nitrogen and oxygen atoms in total. The number of rotatable bonds is 5. The molecule has 1 unspecified atom stereocenters. The molecule has 2 aromatic rings. The molecular formula is C15H18ClN5O2. The minimum absolute atomic E-state index is 0.243. The third kappa shape index (κ3) is 3.14. The molecule has 1 aliphatic heterocycles. The van der Waals surface area contributed by atoms with Crippen molar-refractivity contribution in [2.45, 2.75) is 39.3 Å². The number of pyridine rings is 1. The monoisotopic (exact) mass is 335 g/mol. The number of ether oxygens (including phenoxy) is 1. The lowest BCUT2D eigenvalue weighted by atomic mass is 10.2. The number of aromatic nitrogens is 4. The van der Waals surface area contributed by atoms with Crippen LogP contribution >= 0.6 is 11.6 Å². The Hall–Kier alpha value is -2.15. The SMILES string of the molecule is CCOc1ncc(C(=O)NC(C)c2nnc3n2CCC3)cc1Cl. The van der Waals surface area contributed by atoms with E-state index in [9.17, 15) is 4.79 Å². The Labute approximate surface area is 139 Å². The van der Waals surface area contributed by atoms with E-state index in [1.54, 1.807) is 6.07 Å². The van der Waals surface area contributed by atoms with Gasteiger partial charge < -0.3 is 14.6 Å². The number of carbonyl (C=O) groups excluding carboxylic acids is 1. The van der Waals surface area contributed by atoms with Crippen LogP contribution in [0.4, 0.5) is 0 Å². The van der Waals surface area contributed by atoms with Gasteiger partial charge in [0.25, 0.3) is 5.91 Å². The molecule has 0 saturated carbocycles. The molecule has 0 radical (unpaired) electrons. The summed E-state index contributed by atoms with van der Waals surface area (Å²) in [7, 11) is 0. The molecular weight excluding hydrogens is 318 g/mol. The minimum atomic E-state index is -0.259. The summed E-state index contributed by atoms with van der Waals surface area (Å²) in [4.78, 5) is 16.4. The van der Waals surface area contributed by atoms with Gasteiger partial charge in [-0.2, -0.15) is 0 Å². The van der Waals surface area contributed by atoms with Gasteiger partial charge >= 0.3 is 0 Å². The Morgan fingerprint density at radius 3 is 3.09 bits per heavy atom. The molecule has 3 rings (SSSR count). The first-order valence-electron chi connectivity index (χ1n) is 7.61. The van der Waals surface area contributed by atoms with Crippen LogP contribution in [0.25, 0.3) is 0 Å². The Morgan fingerprint density at radius 2 is 2.35 bits per heavy atom. The van der Waals surface area contributed by atoms with Gasteiger partial charge in [-0.05, 0) is 26.3 Å². The molecule has 122 valence electrons. The normalized spacial score (nSPS) is 14.4. The standard InChI is InChI=1S/C15H18ClN5O2/c1-3-23-15-11(16)7-10(8-17-15)14(22)18-9(2)13-20-19-12-5-4-6-21(12)13/h7-9H,3-6H2,1-2H3,(H,18,22). The molecule has 1 aliphatic rings. The van der Waals surface area contributed by atoms with E-state index in [0.717, 1.165) is 31.0 Å². The summed E-state index contributed by atoms with van der Waals surface area (Å²) >= 11 is 6.07. The largest absolute Gasteiger partial charge is 0.477 e. The van der Waals surface area contributed by atoms with Gasteiger partial charge in [0.1, 0.15) is 10.8 Å². The zero-order valence-electron chi connectivity index (χ0n) is 13.0. The van der Waals surface area contributed by atoms with Crippen LogP contribution in [0.5, 0.6) is 5.88 Å². The number of fused-ring (bicyclic) bond motifs is 1. The first-order chi connectivity index (χ1) is 11.1. The number of nitrogens with one attached hydrogen (secondary N) is 1. The van der Waals surface area contributed by atoms with Gasteiger partial charge in [-0.25, -0.2) is 4.98 Å². The van der Waals surface area contributed by atoms with E-state index in [1.165, 1.54) is 6.20 Å². The third-order valence-corrected chi connectivity index (χ3v) is 3.99. The quantitative estimate of drug-likeness (QED) is 0.905. The van der Waals surface area contributed by atoms with Crippen molar-refractivity contribution >= 4 is 17.5 Å². The third-order valence-electron chi connectivity index (χ3n) is 3.72. The van der Waals surface area contributed by atoms with E-state index in [1.807, 2.05) is 13.8 Å². The molecule has 3 heterocycles. The maximum absolute atomic E-state index is 12.4. The van der Waals surface area contributed by atoms with Gasteiger partial charge in [-0.15, -0.1) is 10.2 Å². The Morgan fingerprint density at radius 1 is 1.52 bits per heavy atom. The van der Waals surface area contributed by atoms with Crippen LogP contribution in [0.15, 0.2) is 12.3 Å². The summed E-state index contributed by atoms with van der Waals surface area (Å²) < 4.78 is 7.33. The predicted octanol–water partition coefficient (Wildman–Crippen LogP) is 2.16. The van der Waals surface area contributed by atoms with Crippen molar-refractivity contribution in [2.75, 3.05) is 6.61 Å². The van der Waals surface area contributed by atoms with Crippen LogP contribution < -0.4 is 10.1 Å². The molecule has 1 N–H and O–H groups in total. The Kier molecular flexibility index (Phi) is 4.47. The lowest BCUT2D eigenvalue weighted by molar-refractivity contribution is 0.0937. The lowest BCUT2D eigenvalue weighted by Gasteiger charge is -2.14. The average Bonchev–Trinajstić information content (AvgIpc) is 3.12. The van der Waals surface area contributed by atoms with Crippen molar-refractivity contribution in [1.29, 1.82) is 0 Å². The molecule has 8 heteroatoms. The van der Waals surface area contributed by atoms with E-state index in [0.29, 0.717) is 23.1 Å². The Balaban J connectivity index is 1.72. The maximum Gasteiger partial charge on any atom is 0.253 e. The van der Waals surface area contributed by atoms with Crippen LogP contribution in [-0.4, -0.2) is 32.3 Å². The van der Waals surface area contributed by atoms with Crippen molar-refractivity contribution in [1.82, 2.24) is 25.1 Å². The van der Waals surface area contributed by atoms with Crippen LogP contribution in [0.3, 0.4) is 0 Å². The first-order valence-corrected chi connectivity index (χ1v) is 7.99. The molecule has 1 atom stereocenters. The molecule has 23 heavy (non-hydrogen) atoms. The van der Waals surface area contributed by atoms with Crippen molar-refractivity contribution in [3.05, 3.63) is 34.5 Å². The second kappa shape index (κ2) is 6.54. The highest BCUT2D eigenvalue weighted by Crippen LogP contribution is 2.23. The first kappa shape index (κ1) is 15.7. The summed E-state index contributed by atoms with van der Waals surface area (Å²) in [6.07, 6.45) is 3.45.